The summed E-state index contributed by atoms with van der Waals surface area (Å²) < 4.78 is 4.98. The fourth-order valence-corrected chi connectivity index (χ4v) is 9.49. The monoisotopic (exact) mass is 692 g/mol. The second-order valence-electron chi connectivity index (χ2n) is 13.7. The highest BCUT2D eigenvalue weighted by Crippen LogP contribution is 2.46. The minimum atomic E-state index is 1.12. The van der Waals surface area contributed by atoms with Gasteiger partial charge in [-0.15, -0.1) is 11.3 Å². The maximum absolute atomic E-state index is 2.46. The van der Waals surface area contributed by atoms with Crippen LogP contribution in [0.15, 0.2) is 194 Å². The lowest BCUT2D eigenvalue weighted by molar-refractivity contribution is 1.18. The molecule has 0 saturated carbocycles. The van der Waals surface area contributed by atoms with Crippen LogP contribution in [-0.4, -0.2) is 4.57 Å². The summed E-state index contributed by atoms with van der Waals surface area (Å²) in [4.78, 5) is 2.46. The quantitative estimate of drug-likeness (QED) is 0.174. The van der Waals surface area contributed by atoms with Gasteiger partial charge in [-0.2, -0.15) is 0 Å². The number of benzene rings is 9. The molecule has 0 aliphatic heterocycles. The Kier molecular flexibility index (Phi) is 6.76. The standard InChI is InChI=1S/C50H32N2S/c1-3-13-33(14-4-1)39-26-28-47(41-20-10-9-19-40(39)41)51(38-23-25-43-45-29-34-15-7-8-16-35(34)30-49(45)53-50(43)32-38)37-24-27-48-44(31-37)42-21-11-12-22-46(42)52(48)36-17-5-2-6-18-36/h1-32H. The molecule has 0 bridgehead atoms. The van der Waals surface area contributed by atoms with Crippen molar-refractivity contribution in [2.24, 2.45) is 0 Å². The van der Waals surface area contributed by atoms with Crippen molar-refractivity contribution in [3.8, 4) is 16.8 Å². The Bertz CT molecular complexity index is 3170. The fraction of sp³-hybridized carbons (Fsp3) is 0. The molecule has 3 heteroatoms. The third kappa shape index (κ3) is 4.78. The molecule has 0 aliphatic rings. The van der Waals surface area contributed by atoms with Crippen molar-refractivity contribution in [3.63, 3.8) is 0 Å². The lowest BCUT2D eigenvalue weighted by atomic mass is 9.96. The van der Waals surface area contributed by atoms with Crippen LogP contribution in [0, 0.1) is 0 Å². The molecule has 53 heavy (non-hydrogen) atoms. The Morgan fingerprint density at radius 1 is 0.377 bits per heavy atom. The number of aromatic nitrogens is 1. The first kappa shape index (κ1) is 30.0. The van der Waals surface area contributed by atoms with Crippen molar-refractivity contribution in [2.75, 3.05) is 4.90 Å². The van der Waals surface area contributed by atoms with Crippen LogP contribution in [0.5, 0.6) is 0 Å². The van der Waals surface area contributed by atoms with Crippen LogP contribution in [0.2, 0.25) is 0 Å². The van der Waals surface area contributed by atoms with E-state index in [0.717, 1.165) is 22.7 Å². The molecule has 0 unspecified atom stereocenters. The number of rotatable bonds is 5. The van der Waals surface area contributed by atoms with Crippen molar-refractivity contribution in [2.45, 2.75) is 0 Å². The van der Waals surface area contributed by atoms with Crippen LogP contribution in [0.25, 0.3) is 80.3 Å². The van der Waals surface area contributed by atoms with Gasteiger partial charge in [-0.05, 0) is 94.0 Å². The van der Waals surface area contributed by atoms with E-state index < -0.39 is 0 Å². The molecule has 0 fully saturated rings. The molecule has 0 atom stereocenters. The first-order valence-corrected chi connectivity index (χ1v) is 18.9. The molecule has 0 radical (unpaired) electrons. The Balaban J connectivity index is 1.18. The van der Waals surface area contributed by atoms with Gasteiger partial charge in [-0.1, -0.05) is 127 Å². The minimum Gasteiger partial charge on any atom is -0.310 e. The minimum absolute atomic E-state index is 1.12. The summed E-state index contributed by atoms with van der Waals surface area (Å²) in [6.45, 7) is 0. The van der Waals surface area contributed by atoms with E-state index in [1.54, 1.807) is 0 Å². The molecule has 2 heterocycles. The number of anilines is 3. The van der Waals surface area contributed by atoms with Crippen LogP contribution < -0.4 is 4.90 Å². The van der Waals surface area contributed by atoms with Gasteiger partial charge >= 0.3 is 0 Å². The first-order valence-electron chi connectivity index (χ1n) is 18.1. The van der Waals surface area contributed by atoms with E-state index in [1.807, 2.05) is 11.3 Å². The number of hydrogen-bond donors (Lipinski definition) is 0. The number of para-hydroxylation sites is 2. The molecular weight excluding hydrogens is 661 g/mol. The smallest absolute Gasteiger partial charge is 0.0542 e. The molecule has 9 aromatic carbocycles. The van der Waals surface area contributed by atoms with E-state index in [1.165, 1.54) is 74.6 Å². The van der Waals surface area contributed by atoms with Crippen molar-refractivity contribution in [1.82, 2.24) is 4.57 Å². The van der Waals surface area contributed by atoms with Gasteiger partial charge in [0, 0.05) is 53.4 Å². The van der Waals surface area contributed by atoms with Crippen LogP contribution in [0.3, 0.4) is 0 Å². The normalized spacial score (nSPS) is 11.8. The zero-order chi connectivity index (χ0) is 34.9. The van der Waals surface area contributed by atoms with E-state index in [-0.39, 0.29) is 0 Å². The van der Waals surface area contributed by atoms with Gasteiger partial charge in [0.05, 0.1) is 16.7 Å². The third-order valence-electron chi connectivity index (χ3n) is 10.7. The number of nitrogens with zero attached hydrogens (tertiary/aromatic N) is 2. The molecular formula is C50H32N2S. The SMILES string of the molecule is c1ccc(-c2ccc(N(c3ccc4c(c3)sc3cc5ccccc5cc34)c3ccc4c(c3)c3ccccc3n4-c3ccccc3)c3ccccc23)cc1. The van der Waals surface area contributed by atoms with Gasteiger partial charge in [0.1, 0.15) is 0 Å². The summed E-state index contributed by atoms with van der Waals surface area (Å²) in [5.74, 6) is 0. The molecule has 248 valence electrons. The Morgan fingerprint density at radius 2 is 1.00 bits per heavy atom. The molecule has 0 spiro atoms. The molecule has 11 aromatic rings. The Labute approximate surface area is 311 Å². The highest BCUT2D eigenvalue weighted by atomic mass is 32.1. The number of hydrogen-bond acceptors (Lipinski definition) is 2. The summed E-state index contributed by atoms with van der Waals surface area (Å²) >= 11 is 1.88. The molecule has 11 rings (SSSR count). The largest absolute Gasteiger partial charge is 0.310 e. The van der Waals surface area contributed by atoms with E-state index in [0.29, 0.717) is 0 Å². The fourth-order valence-electron chi connectivity index (χ4n) is 8.32. The molecule has 0 saturated heterocycles. The van der Waals surface area contributed by atoms with E-state index in [2.05, 4.69) is 204 Å². The summed E-state index contributed by atoms with van der Waals surface area (Å²) in [7, 11) is 0. The average molecular weight is 693 g/mol. The van der Waals surface area contributed by atoms with Crippen LogP contribution >= 0.6 is 11.3 Å². The predicted octanol–water partition coefficient (Wildman–Crippen LogP) is 14.6. The van der Waals surface area contributed by atoms with Gasteiger partial charge in [0.2, 0.25) is 0 Å². The maximum Gasteiger partial charge on any atom is 0.0542 e. The zero-order valence-corrected chi connectivity index (χ0v) is 29.6. The molecule has 0 aliphatic carbocycles. The van der Waals surface area contributed by atoms with Crippen molar-refractivity contribution >= 4 is 91.9 Å². The highest BCUT2D eigenvalue weighted by Gasteiger charge is 2.21. The maximum atomic E-state index is 2.46. The van der Waals surface area contributed by atoms with Crippen molar-refractivity contribution in [1.29, 1.82) is 0 Å². The Hall–Kier alpha value is -6.68. The lowest BCUT2D eigenvalue weighted by Gasteiger charge is -2.28. The summed E-state index contributed by atoms with van der Waals surface area (Å²) in [5, 5.41) is 10.1. The van der Waals surface area contributed by atoms with Crippen LogP contribution in [0.1, 0.15) is 0 Å². The topological polar surface area (TPSA) is 8.17 Å². The molecule has 0 N–H and O–H groups in total. The summed E-state index contributed by atoms with van der Waals surface area (Å²) in [6.07, 6.45) is 0. The van der Waals surface area contributed by atoms with Crippen molar-refractivity contribution < 1.29 is 0 Å². The number of thiophene rings is 1. The van der Waals surface area contributed by atoms with Crippen molar-refractivity contribution in [3.05, 3.63) is 194 Å². The zero-order valence-electron chi connectivity index (χ0n) is 28.8. The van der Waals surface area contributed by atoms with Gasteiger partial charge in [0.25, 0.3) is 0 Å². The summed E-state index contributed by atoms with van der Waals surface area (Å²) in [6, 6.07) is 71.0. The Morgan fingerprint density at radius 3 is 1.83 bits per heavy atom. The second kappa shape index (κ2) is 11.9. The second-order valence-corrected chi connectivity index (χ2v) is 14.8. The third-order valence-corrected chi connectivity index (χ3v) is 11.9. The number of fused-ring (bicyclic) bond motifs is 8. The van der Waals surface area contributed by atoms with Gasteiger partial charge < -0.3 is 9.47 Å². The van der Waals surface area contributed by atoms with Crippen LogP contribution in [0.4, 0.5) is 17.1 Å². The van der Waals surface area contributed by atoms with E-state index in [9.17, 15) is 0 Å². The van der Waals surface area contributed by atoms with Gasteiger partial charge in [0.15, 0.2) is 0 Å². The molecule has 2 nitrogen and oxygen atoms in total. The summed E-state index contributed by atoms with van der Waals surface area (Å²) in [5.41, 5.74) is 9.42. The lowest BCUT2D eigenvalue weighted by Crippen LogP contribution is -2.10. The van der Waals surface area contributed by atoms with E-state index in [4.69, 9.17) is 0 Å². The van der Waals surface area contributed by atoms with Crippen LogP contribution in [-0.2, 0) is 0 Å². The molecule has 0 amide bonds. The average Bonchev–Trinajstić information content (AvgIpc) is 3.75. The highest BCUT2D eigenvalue weighted by molar-refractivity contribution is 7.25. The van der Waals surface area contributed by atoms with E-state index >= 15 is 0 Å². The van der Waals surface area contributed by atoms with Gasteiger partial charge in [-0.3, -0.25) is 0 Å². The predicted molar refractivity (Wildman–Crippen MR) is 229 cm³/mol. The van der Waals surface area contributed by atoms with Gasteiger partial charge in [-0.25, -0.2) is 0 Å². The first-order chi connectivity index (χ1) is 26.3. The molecule has 2 aromatic heterocycles.